The van der Waals surface area contributed by atoms with E-state index in [2.05, 4.69) is 5.32 Å². The number of hydrogen-bond donors (Lipinski definition) is 2. The molecule has 106 valence electrons. The van der Waals surface area contributed by atoms with E-state index in [1.54, 1.807) is 17.8 Å². The summed E-state index contributed by atoms with van der Waals surface area (Å²) in [5, 5.41) is 11.1. The minimum absolute atomic E-state index is 0.0651. The van der Waals surface area contributed by atoms with E-state index < -0.39 is 11.8 Å². The van der Waals surface area contributed by atoms with Crippen molar-refractivity contribution in [3.8, 4) is 0 Å². The summed E-state index contributed by atoms with van der Waals surface area (Å²) in [7, 11) is 0. The molecule has 1 fully saturated rings. The molecule has 2 N–H and O–H groups in total. The van der Waals surface area contributed by atoms with Crippen molar-refractivity contribution in [2.45, 2.75) is 18.1 Å². The monoisotopic (exact) mass is 295 g/mol. The van der Waals surface area contributed by atoms with Crippen LogP contribution in [-0.2, 0) is 9.59 Å². The van der Waals surface area contributed by atoms with Crippen LogP contribution in [-0.4, -0.2) is 28.0 Å². The zero-order valence-electron chi connectivity index (χ0n) is 10.6. The second-order valence-electron chi connectivity index (χ2n) is 4.40. The molecule has 1 unspecified atom stereocenters. The van der Waals surface area contributed by atoms with E-state index >= 15 is 0 Å². The minimum atomic E-state index is -1.14. The summed E-state index contributed by atoms with van der Waals surface area (Å²) < 4.78 is 13.7. The molecule has 1 aromatic rings. The molecule has 4 nitrogen and oxygen atoms in total. The fraction of sp³-hybridized carbons (Fsp3) is 0.286. The number of carbonyl (C=O) groups is 2. The van der Waals surface area contributed by atoms with Gasteiger partial charge in [-0.05, 0) is 42.9 Å². The van der Waals surface area contributed by atoms with Gasteiger partial charge in [0.1, 0.15) is 5.82 Å². The zero-order chi connectivity index (χ0) is 14.5. The first-order valence-corrected chi connectivity index (χ1v) is 7.24. The zero-order valence-corrected chi connectivity index (χ0v) is 11.5. The standard InChI is InChI=1S/C14H14FNO3S/c15-11-8-10(5-3-9(11)4-6-13(17)18)16-14(19)12-2-1-7-20-12/h3-6,8,12H,1-2,7H2,(H,16,19)(H,17,18). The molecule has 0 bridgehead atoms. The SMILES string of the molecule is O=C(O)C=Cc1ccc(NC(=O)C2CCCS2)cc1F. The van der Waals surface area contributed by atoms with Crippen LogP contribution in [0.1, 0.15) is 18.4 Å². The van der Waals surface area contributed by atoms with Gasteiger partial charge in [-0.1, -0.05) is 0 Å². The number of hydrogen-bond acceptors (Lipinski definition) is 3. The van der Waals surface area contributed by atoms with Crippen molar-refractivity contribution < 1.29 is 19.1 Å². The van der Waals surface area contributed by atoms with Gasteiger partial charge < -0.3 is 10.4 Å². The number of halogens is 1. The molecule has 6 heteroatoms. The molecule has 0 radical (unpaired) electrons. The maximum atomic E-state index is 13.7. The average molecular weight is 295 g/mol. The van der Waals surface area contributed by atoms with E-state index in [-0.39, 0.29) is 16.7 Å². The van der Waals surface area contributed by atoms with Crippen molar-refractivity contribution in [2.75, 3.05) is 11.1 Å². The molecule has 1 heterocycles. The van der Waals surface area contributed by atoms with Crippen LogP contribution in [0.3, 0.4) is 0 Å². The molecular formula is C14H14FNO3S. The fourth-order valence-corrected chi connectivity index (χ4v) is 3.07. The van der Waals surface area contributed by atoms with Gasteiger partial charge in [-0.2, -0.15) is 0 Å². The second-order valence-corrected chi connectivity index (χ2v) is 5.71. The first kappa shape index (κ1) is 14.6. The van der Waals surface area contributed by atoms with E-state index in [0.717, 1.165) is 24.7 Å². The summed E-state index contributed by atoms with van der Waals surface area (Å²) in [6.45, 7) is 0. The number of benzene rings is 1. The van der Waals surface area contributed by atoms with Gasteiger partial charge in [-0.3, -0.25) is 4.79 Å². The van der Waals surface area contributed by atoms with Gasteiger partial charge >= 0.3 is 5.97 Å². The van der Waals surface area contributed by atoms with Crippen LogP contribution in [0, 0.1) is 5.82 Å². The van der Waals surface area contributed by atoms with Gasteiger partial charge in [0, 0.05) is 17.3 Å². The van der Waals surface area contributed by atoms with Crippen molar-refractivity contribution in [1.29, 1.82) is 0 Å². The molecule has 1 aliphatic rings. The first-order valence-electron chi connectivity index (χ1n) is 6.19. The molecule has 0 spiro atoms. The van der Waals surface area contributed by atoms with Crippen LogP contribution in [0.4, 0.5) is 10.1 Å². The van der Waals surface area contributed by atoms with Gasteiger partial charge in [0.2, 0.25) is 5.91 Å². The molecule has 0 saturated carbocycles. The van der Waals surface area contributed by atoms with Crippen LogP contribution < -0.4 is 5.32 Å². The minimum Gasteiger partial charge on any atom is -0.478 e. The lowest BCUT2D eigenvalue weighted by Gasteiger charge is -2.10. The molecule has 20 heavy (non-hydrogen) atoms. The van der Waals surface area contributed by atoms with E-state index in [4.69, 9.17) is 5.11 Å². The number of rotatable bonds is 4. The number of amides is 1. The quantitative estimate of drug-likeness (QED) is 0.838. The first-order chi connectivity index (χ1) is 9.56. The van der Waals surface area contributed by atoms with Gasteiger partial charge in [-0.15, -0.1) is 11.8 Å². The lowest BCUT2D eigenvalue weighted by atomic mass is 10.1. The van der Waals surface area contributed by atoms with Crippen LogP contribution in [0.5, 0.6) is 0 Å². The molecule has 1 amide bonds. The Labute approximate surface area is 120 Å². The summed E-state index contributed by atoms with van der Waals surface area (Å²) in [6, 6.07) is 4.19. The number of carboxylic acid groups (broad SMARTS) is 1. The van der Waals surface area contributed by atoms with Crippen LogP contribution >= 0.6 is 11.8 Å². The Morgan fingerprint density at radius 2 is 2.25 bits per heavy atom. The van der Waals surface area contributed by atoms with Gasteiger partial charge in [-0.25, -0.2) is 9.18 Å². The van der Waals surface area contributed by atoms with Crippen molar-refractivity contribution in [3.05, 3.63) is 35.7 Å². The third-order valence-corrected chi connectivity index (χ3v) is 4.27. The molecule has 2 rings (SSSR count). The predicted octanol–water partition coefficient (Wildman–Crippen LogP) is 2.76. The Morgan fingerprint density at radius 1 is 1.45 bits per heavy atom. The number of nitrogens with one attached hydrogen (secondary N) is 1. The van der Waals surface area contributed by atoms with Crippen LogP contribution in [0.15, 0.2) is 24.3 Å². The summed E-state index contributed by atoms with van der Waals surface area (Å²) in [4.78, 5) is 22.3. The number of thioether (sulfide) groups is 1. The van der Waals surface area contributed by atoms with Crippen molar-refractivity contribution in [2.24, 2.45) is 0 Å². The number of carbonyl (C=O) groups excluding carboxylic acids is 1. The van der Waals surface area contributed by atoms with Gasteiger partial charge in [0.25, 0.3) is 0 Å². The lowest BCUT2D eigenvalue weighted by Crippen LogP contribution is -2.22. The highest BCUT2D eigenvalue weighted by atomic mass is 32.2. The maximum absolute atomic E-state index is 13.7. The van der Waals surface area contributed by atoms with E-state index in [1.165, 1.54) is 18.2 Å². The highest BCUT2D eigenvalue weighted by Gasteiger charge is 2.23. The summed E-state index contributed by atoms with van der Waals surface area (Å²) in [5.41, 5.74) is 0.549. The third-order valence-electron chi connectivity index (χ3n) is 2.90. The molecule has 1 aliphatic heterocycles. The van der Waals surface area contributed by atoms with Gasteiger partial charge in [0.05, 0.1) is 5.25 Å². The van der Waals surface area contributed by atoms with Gasteiger partial charge in [0.15, 0.2) is 0 Å². The van der Waals surface area contributed by atoms with Crippen molar-refractivity contribution >= 4 is 35.4 Å². The number of anilines is 1. The molecule has 1 atom stereocenters. The highest BCUT2D eigenvalue weighted by Crippen LogP contribution is 2.27. The Kier molecular flexibility index (Phi) is 4.79. The summed E-state index contributed by atoms with van der Waals surface area (Å²) in [6.07, 6.45) is 3.91. The normalized spacial score (nSPS) is 18.4. The lowest BCUT2D eigenvalue weighted by molar-refractivity contribution is -0.131. The molecule has 1 saturated heterocycles. The fourth-order valence-electron chi connectivity index (χ4n) is 1.91. The number of carboxylic acids is 1. The smallest absolute Gasteiger partial charge is 0.328 e. The molecule has 0 aliphatic carbocycles. The van der Waals surface area contributed by atoms with E-state index in [1.807, 2.05) is 0 Å². The van der Waals surface area contributed by atoms with Crippen LogP contribution in [0.25, 0.3) is 6.08 Å². The van der Waals surface area contributed by atoms with E-state index in [0.29, 0.717) is 5.69 Å². The van der Waals surface area contributed by atoms with Crippen LogP contribution in [0.2, 0.25) is 0 Å². The second kappa shape index (κ2) is 6.56. The molecule has 1 aromatic carbocycles. The van der Waals surface area contributed by atoms with E-state index in [9.17, 15) is 14.0 Å². The summed E-state index contributed by atoms with van der Waals surface area (Å²) in [5.74, 6) is -0.842. The van der Waals surface area contributed by atoms with Crippen molar-refractivity contribution in [1.82, 2.24) is 0 Å². The molecule has 0 aromatic heterocycles. The average Bonchev–Trinajstić information content (AvgIpc) is 2.91. The topological polar surface area (TPSA) is 66.4 Å². The third kappa shape index (κ3) is 3.84. The Bertz CT molecular complexity index is 553. The Morgan fingerprint density at radius 3 is 2.85 bits per heavy atom. The highest BCUT2D eigenvalue weighted by molar-refractivity contribution is 8.00. The molecular weight excluding hydrogens is 281 g/mol. The van der Waals surface area contributed by atoms with Crippen molar-refractivity contribution in [3.63, 3.8) is 0 Å². The summed E-state index contributed by atoms with van der Waals surface area (Å²) >= 11 is 1.61. The Balaban J connectivity index is 2.04. The maximum Gasteiger partial charge on any atom is 0.328 e. The number of aliphatic carboxylic acids is 1. The predicted molar refractivity (Wildman–Crippen MR) is 77.2 cm³/mol. The largest absolute Gasteiger partial charge is 0.478 e. The Hall–Kier alpha value is -1.82.